The lowest BCUT2D eigenvalue weighted by molar-refractivity contribution is -0.123. The van der Waals surface area contributed by atoms with Gasteiger partial charge in [-0.2, -0.15) is 5.26 Å². The van der Waals surface area contributed by atoms with Crippen LogP contribution in [0.5, 0.6) is 0 Å². The second-order valence-corrected chi connectivity index (χ2v) is 8.05. The van der Waals surface area contributed by atoms with E-state index in [0.717, 1.165) is 30.0 Å². The molecule has 0 fully saturated rings. The van der Waals surface area contributed by atoms with E-state index in [0.29, 0.717) is 33.6 Å². The molecule has 1 aliphatic heterocycles. The average Bonchev–Trinajstić information content (AvgIpc) is 3.33. The molecule has 30 heavy (non-hydrogen) atoms. The number of anilines is 1. The summed E-state index contributed by atoms with van der Waals surface area (Å²) in [6, 6.07) is 8.43. The first-order chi connectivity index (χ1) is 14.4. The number of carbonyl (C=O) groups excluding carboxylic acids is 2. The van der Waals surface area contributed by atoms with Crippen LogP contribution in [0, 0.1) is 18.3 Å². The number of nitrogens with one attached hydrogen (secondary N) is 1. The van der Waals surface area contributed by atoms with Gasteiger partial charge in [-0.05, 0) is 44.0 Å². The smallest absolute Gasteiger partial charge is 0.349 e. The highest BCUT2D eigenvalue weighted by molar-refractivity contribution is 7.20. The van der Waals surface area contributed by atoms with Crippen LogP contribution in [0.25, 0.3) is 10.2 Å². The predicted octanol–water partition coefficient (Wildman–Crippen LogP) is 2.77. The normalized spacial score (nSPS) is 13.5. The number of nitrogens with zero attached hydrogens (tertiary/aromatic N) is 3. The van der Waals surface area contributed by atoms with Gasteiger partial charge in [0.15, 0.2) is 6.10 Å². The number of aryl methyl sites for hydroxylation is 2. The van der Waals surface area contributed by atoms with E-state index >= 15 is 0 Å². The van der Waals surface area contributed by atoms with Crippen LogP contribution in [0.3, 0.4) is 0 Å². The van der Waals surface area contributed by atoms with Gasteiger partial charge >= 0.3 is 5.97 Å². The summed E-state index contributed by atoms with van der Waals surface area (Å²) in [4.78, 5) is 43.2. The molecule has 3 heterocycles. The summed E-state index contributed by atoms with van der Waals surface area (Å²) in [6.07, 6.45) is 0.565. The molecule has 1 amide bonds. The standard InChI is InChI=1S/C21H18N4O4S/c1-11-16-19(24-15-7-4-8-25(15)20(16)27)30-17(11)21(28)29-12(2)18(26)23-14-6-3-5-13(9-14)10-22/h3,5-6,9,12H,4,7-8H2,1-2H3,(H,23,26). The number of esters is 1. The Morgan fingerprint density at radius 2 is 2.20 bits per heavy atom. The number of rotatable bonds is 4. The van der Waals surface area contributed by atoms with Crippen LogP contribution >= 0.6 is 11.3 Å². The minimum Gasteiger partial charge on any atom is -0.448 e. The molecular weight excluding hydrogens is 404 g/mol. The largest absolute Gasteiger partial charge is 0.448 e. The lowest BCUT2D eigenvalue weighted by Crippen LogP contribution is -2.30. The molecule has 1 unspecified atom stereocenters. The molecule has 0 saturated heterocycles. The number of carbonyl (C=O) groups is 2. The van der Waals surface area contributed by atoms with E-state index in [1.54, 1.807) is 29.7 Å². The molecular formula is C21H18N4O4S. The summed E-state index contributed by atoms with van der Waals surface area (Å²) >= 11 is 1.11. The van der Waals surface area contributed by atoms with Crippen molar-refractivity contribution in [3.05, 3.63) is 56.4 Å². The van der Waals surface area contributed by atoms with Crippen LogP contribution in [0.1, 0.15) is 40.0 Å². The Morgan fingerprint density at radius 1 is 1.40 bits per heavy atom. The molecule has 0 aliphatic carbocycles. The van der Waals surface area contributed by atoms with E-state index in [1.807, 2.05) is 6.07 Å². The summed E-state index contributed by atoms with van der Waals surface area (Å²) in [5.41, 5.74) is 1.23. The Morgan fingerprint density at radius 3 is 2.97 bits per heavy atom. The van der Waals surface area contributed by atoms with E-state index in [2.05, 4.69) is 10.3 Å². The Labute approximate surface area is 175 Å². The van der Waals surface area contributed by atoms with E-state index < -0.39 is 18.0 Å². The third-order valence-corrected chi connectivity index (χ3v) is 6.17. The van der Waals surface area contributed by atoms with Crippen molar-refractivity contribution < 1.29 is 14.3 Å². The summed E-state index contributed by atoms with van der Waals surface area (Å²) in [5.74, 6) is -0.455. The molecule has 1 aliphatic rings. The van der Waals surface area contributed by atoms with E-state index in [9.17, 15) is 14.4 Å². The molecule has 1 N–H and O–H groups in total. The van der Waals surface area contributed by atoms with Gasteiger partial charge in [0.1, 0.15) is 15.5 Å². The lowest BCUT2D eigenvalue weighted by Gasteiger charge is -2.13. The van der Waals surface area contributed by atoms with Crippen molar-refractivity contribution in [2.24, 2.45) is 0 Å². The van der Waals surface area contributed by atoms with E-state index in [-0.39, 0.29) is 10.4 Å². The predicted molar refractivity (Wildman–Crippen MR) is 112 cm³/mol. The molecule has 2 aromatic heterocycles. The zero-order valence-corrected chi connectivity index (χ0v) is 17.2. The van der Waals surface area contributed by atoms with Crippen molar-refractivity contribution in [2.45, 2.75) is 39.3 Å². The van der Waals surface area contributed by atoms with Crippen LogP contribution in [-0.4, -0.2) is 27.5 Å². The number of aromatic nitrogens is 2. The van der Waals surface area contributed by atoms with Gasteiger partial charge in [-0.1, -0.05) is 6.07 Å². The van der Waals surface area contributed by atoms with Crippen molar-refractivity contribution in [2.75, 3.05) is 5.32 Å². The van der Waals surface area contributed by atoms with Crippen molar-refractivity contribution >= 4 is 39.1 Å². The van der Waals surface area contributed by atoms with Crippen LogP contribution in [-0.2, 0) is 22.5 Å². The molecule has 1 atom stereocenters. The summed E-state index contributed by atoms with van der Waals surface area (Å²) in [7, 11) is 0. The topological polar surface area (TPSA) is 114 Å². The summed E-state index contributed by atoms with van der Waals surface area (Å²) in [5, 5.41) is 12.0. The quantitative estimate of drug-likeness (QED) is 0.647. The van der Waals surface area contributed by atoms with Crippen LogP contribution in [0.4, 0.5) is 5.69 Å². The zero-order valence-electron chi connectivity index (χ0n) is 16.4. The third kappa shape index (κ3) is 3.46. The first kappa shape index (κ1) is 19.8. The van der Waals surface area contributed by atoms with Gasteiger partial charge in [-0.3, -0.25) is 14.2 Å². The van der Waals surface area contributed by atoms with Gasteiger partial charge in [0.05, 0.1) is 17.0 Å². The minimum absolute atomic E-state index is 0.136. The Kier molecular flexibility index (Phi) is 5.10. The number of hydrogen-bond donors (Lipinski definition) is 1. The van der Waals surface area contributed by atoms with Gasteiger partial charge in [-0.25, -0.2) is 9.78 Å². The Hall–Kier alpha value is -3.51. The fourth-order valence-corrected chi connectivity index (χ4v) is 4.52. The number of thiophene rings is 1. The van der Waals surface area contributed by atoms with Gasteiger partial charge in [0.2, 0.25) is 0 Å². The highest BCUT2D eigenvalue weighted by Crippen LogP contribution is 2.29. The highest BCUT2D eigenvalue weighted by atomic mass is 32.1. The fourth-order valence-electron chi connectivity index (χ4n) is 3.45. The van der Waals surface area contributed by atoms with Crippen molar-refractivity contribution in [1.82, 2.24) is 9.55 Å². The Balaban J connectivity index is 1.53. The number of fused-ring (bicyclic) bond motifs is 2. The molecule has 1 aromatic carbocycles. The summed E-state index contributed by atoms with van der Waals surface area (Å²) < 4.78 is 6.99. The Bertz CT molecular complexity index is 1280. The average molecular weight is 422 g/mol. The van der Waals surface area contributed by atoms with Crippen LogP contribution in [0.15, 0.2) is 29.1 Å². The lowest BCUT2D eigenvalue weighted by atomic mass is 10.2. The number of amides is 1. The molecule has 8 nitrogen and oxygen atoms in total. The van der Waals surface area contributed by atoms with E-state index in [4.69, 9.17) is 10.00 Å². The summed E-state index contributed by atoms with van der Waals surface area (Å²) in [6.45, 7) is 3.79. The first-order valence-electron chi connectivity index (χ1n) is 9.44. The van der Waals surface area contributed by atoms with Crippen molar-refractivity contribution in [1.29, 1.82) is 5.26 Å². The molecule has 3 aromatic rings. The SMILES string of the molecule is Cc1c(C(=O)OC(C)C(=O)Nc2cccc(C#N)c2)sc2nc3n(c(=O)c12)CCC3. The van der Waals surface area contributed by atoms with Crippen molar-refractivity contribution in [3.63, 3.8) is 0 Å². The monoisotopic (exact) mass is 422 g/mol. The minimum atomic E-state index is -1.06. The first-order valence-corrected chi connectivity index (χ1v) is 10.3. The molecule has 0 saturated carbocycles. The van der Waals surface area contributed by atoms with Crippen molar-refractivity contribution in [3.8, 4) is 6.07 Å². The van der Waals surface area contributed by atoms with E-state index in [1.165, 1.54) is 13.0 Å². The maximum absolute atomic E-state index is 12.8. The van der Waals surface area contributed by atoms with Gasteiger partial charge in [0, 0.05) is 18.7 Å². The molecule has 4 rings (SSSR count). The number of ether oxygens (including phenoxy) is 1. The molecule has 0 bridgehead atoms. The molecule has 0 spiro atoms. The molecule has 152 valence electrons. The number of benzene rings is 1. The fraction of sp³-hybridized carbons (Fsp3) is 0.286. The second kappa shape index (κ2) is 7.72. The van der Waals surface area contributed by atoms with Gasteiger partial charge in [0.25, 0.3) is 11.5 Å². The second-order valence-electron chi connectivity index (χ2n) is 7.05. The zero-order chi connectivity index (χ0) is 21.4. The highest BCUT2D eigenvalue weighted by Gasteiger charge is 2.26. The number of nitriles is 1. The maximum Gasteiger partial charge on any atom is 0.349 e. The van der Waals surface area contributed by atoms with Crippen LogP contribution < -0.4 is 10.9 Å². The van der Waals surface area contributed by atoms with Gasteiger partial charge in [-0.15, -0.1) is 11.3 Å². The van der Waals surface area contributed by atoms with Crippen LogP contribution in [0.2, 0.25) is 0 Å². The maximum atomic E-state index is 12.8. The third-order valence-electron chi connectivity index (χ3n) is 5.01. The molecule has 0 radical (unpaired) electrons. The molecule has 9 heteroatoms. The number of hydrogen-bond acceptors (Lipinski definition) is 7. The van der Waals surface area contributed by atoms with Gasteiger partial charge < -0.3 is 10.1 Å².